The second-order valence-corrected chi connectivity index (χ2v) is 16.8. The van der Waals surface area contributed by atoms with Gasteiger partial charge in [0.15, 0.2) is 0 Å². The molecule has 0 bridgehead atoms. The molecule has 180 valence electrons. The molecule has 0 amide bonds. The van der Waals surface area contributed by atoms with E-state index in [2.05, 4.69) is 86.7 Å². The van der Waals surface area contributed by atoms with E-state index in [4.69, 9.17) is 10.2 Å². The molecule has 0 heterocycles. The monoisotopic (exact) mass is 550 g/mol. The minimum atomic E-state index is -1.84. The summed E-state index contributed by atoms with van der Waals surface area (Å²) in [7, 11) is 0. The van der Waals surface area contributed by atoms with Gasteiger partial charge in [0.05, 0.1) is 0 Å². The van der Waals surface area contributed by atoms with Crippen LogP contribution in [0, 0.1) is 0 Å². The first-order valence-electron chi connectivity index (χ1n) is 12.2. The molecule has 0 saturated carbocycles. The summed E-state index contributed by atoms with van der Waals surface area (Å²) in [5, 5.41) is 17.3. The van der Waals surface area contributed by atoms with Crippen molar-refractivity contribution in [2.75, 3.05) is 0 Å². The van der Waals surface area contributed by atoms with E-state index in [0.29, 0.717) is 18.8 Å². The molecule has 3 heteroatoms. The maximum absolute atomic E-state index is 8.63. The van der Waals surface area contributed by atoms with E-state index in [9.17, 15) is 0 Å². The average Bonchev–Trinajstić information content (AvgIpc) is 3.51. The molecular weight excluding hydrogens is 520 g/mol. The Hall–Kier alpha value is -3.29. The number of phenols is 2. The third kappa shape index (κ3) is 6.47. The van der Waals surface area contributed by atoms with E-state index in [1.54, 1.807) is 62.9 Å². The topological polar surface area (TPSA) is 40.5 Å². The summed E-state index contributed by atoms with van der Waals surface area (Å²) in [5.41, 5.74) is 6.00. The molecule has 0 aromatic heterocycles. The molecule has 2 aliphatic carbocycles. The van der Waals surface area contributed by atoms with Gasteiger partial charge in [-0.3, -0.25) is 0 Å². The fourth-order valence-electron chi connectivity index (χ4n) is 4.71. The average molecular weight is 552 g/mol. The van der Waals surface area contributed by atoms with Crippen LogP contribution in [-0.4, -0.2) is 13.4 Å². The standard InChI is InChI=1S/2C9H7.2C6H6O.C3H6.Zr/c2*1-2-5-9-7-3-6-8(9)4-1;2*7-6-4-2-1-3-5-6;1-3-2;/h2*1-7H;2*1-5,7H;1-2H3;. The number of allylic oxidation sites excluding steroid dienone is 2. The maximum atomic E-state index is 8.63. The van der Waals surface area contributed by atoms with Crippen LogP contribution in [0.2, 0.25) is 0 Å². The van der Waals surface area contributed by atoms with Gasteiger partial charge in [0.25, 0.3) is 0 Å². The van der Waals surface area contributed by atoms with Gasteiger partial charge in [-0.15, -0.1) is 0 Å². The van der Waals surface area contributed by atoms with Gasteiger partial charge in [0.2, 0.25) is 0 Å². The van der Waals surface area contributed by atoms with Crippen LogP contribution in [0.3, 0.4) is 0 Å². The van der Waals surface area contributed by atoms with E-state index in [-0.39, 0.29) is 0 Å². The summed E-state index contributed by atoms with van der Waals surface area (Å²) in [6, 6.07) is 35.3. The molecule has 0 spiro atoms. The van der Waals surface area contributed by atoms with Crippen LogP contribution in [-0.2, 0) is 21.3 Å². The zero-order chi connectivity index (χ0) is 25.3. The van der Waals surface area contributed by atoms with Crippen molar-refractivity contribution < 1.29 is 31.5 Å². The predicted octanol–water partition coefficient (Wildman–Crippen LogP) is 8.14. The van der Waals surface area contributed by atoms with Gasteiger partial charge in [-0.2, -0.15) is 0 Å². The van der Waals surface area contributed by atoms with Crippen molar-refractivity contribution in [3.63, 3.8) is 0 Å². The van der Waals surface area contributed by atoms with Crippen LogP contribution >= 0.6 is 0 Å². The van der Waals surface area contributed by atoms with Gasteiger partial charge in [0, 0.05) is 0 Å². The minimum absolute atomic E-state index is 0.322. The van der Waals surface area contributed by atoms with E-state index < -0.39 is 21.3 Å². The van der Waals surface area contributed by atoms with Gasteiger partial charge < -0.3 is 10.2 Å². The quantitative estimate of drug-likeness (QED) is 0.264. The van der Waals surface area contributed by atoms with E-state index in [1.807, 2.05) is 12.1 Å². The van der Waals surface area contributed by atoms with Crippen molar-refractivity contribution in [1.29, 1.82) is 0 Å². The summed E-state index contributed by atoms with van der Waals surface area (Å²) >= 11 is -1.84. The largest absolute Gasteiger partial charge is 0.508 e. The van der Waals surface area contributed by atoms with Gasteiger partial charge in [-0.25, -0.2) is 0 Å². The Bertz CT molecular complexity index is 1270. The number of benzene rings is 4. The van der Waals surface area contributed by atoms with Crippen LogP contribution in [0.4, 0.5) is 0 Å². The molecule has 0 radical (unpaired) electrons. The van der Waals surface area contributed by atoms with Crippen LogP contribution in [0.15, 0.2) is 121 Å². The summed E-state index contributed by atoms with van der Waals surface area (Å²) in [6.45, 7) is 4.75. The van der Waals surface area contributed by atoms with Crippen LogP contribution in [0.25, 0.3) is 12.2 Å². The number of phenolic OH excluding ortho intramolecular Hbond substituents is 2. The van der Waals surface area contributed by atoms with Crippen molar-refractivity contribution in [3.8, 4) is 11.5 Å². The predicted molar refractivity (Wildman–Crippen MR) is 149 cm³/mol. The van der Waals surface area contributed by atoms with Crippen molar-refractivity contribution in [1.82, 2.24) is 0 Å². The number of fused-ring (bicyclic) bond motifs is 2. The second kappa shape index (κ2) is 12.6. The molecule has 0 aliphatic heterocycles. The Balaban J connectivity index is 0.000000177. The molecule has 4 aromatic carbocycles. The van der Waals surface area contributed by atoms with Gasteiger partial charge >= 0.3 is 141 Å². The molecule has 0 fully saturated rings. The zero-order valence-corrected chi connectivity index (χ0v) is 23.2. The van der Waals surface area contributed by atoms with Gasteiger partial charge in [-0.05, 0) is 24.3 Å². The Labute approximate surface area is 222 Å². The van der Waals surface area contributed by atoms with E-state index in [0.717, 1.165) is 0 Å². The van der Waals surface area contributed by atoms with Gasteiger partial charge in [-0.1, -0.05) is 36.4 Å². The Morgan fingerprint density at radius 1 is 0.528 bits per heavy atom. The molecule has 2 nitrogen and oxygen atoms in total. The molecule has 36 heavy (non-hydrogen) atoms. The Morgan fingerprint density at radius 2 is 0.889 bits per heavy atom. The van der Waals surface area contributed by atoms with Crippen LogP contribution < -0.4 is 0 Å². The first-order valence-corrected chi connectivity index (χ1v) is 16.3. The molecule has 2 unspecified atom stereocenters. The SMILES string of the molecule is C[C](C)=[Zr]([CH]1C=Cc2ccccc21)[CH]1C=Cc2ccccc21.Oc1ccccc1.Oc1ccccc1. The summed E-state index contributed by atoms with van der Waals surface area (Å²) in [5.74, 6) is 0.644. The maximum Gasteiger partial charge on any atom is 0.115 e. The molecular formula is C33H32O2Zr. The number of rotatable bonds is 2. The van der Waals surface area contributed by atoms with Crippen LogP contribution in [0.1, 0.15) is 43.4 Å². The molecule has 6 rings (SSSR count). The fraction of sp³-hybridized carbons (Fsp3) is 0.121. The Kier molecular flexibility index (Phi) is 9.03. The minimum Gasteiger partial charge on any atom is -0.508 e. The first kappa shape index (κ1) is 25.8. The Morgan fingerprint density at radius 3 is 1.22 bits per heavy atom. The smallest absolute Gasteiger partial charge is 0.115 e. The van der Waals surface area contributed by atoms with Gasteiger partial charge in [0.1, 0.15) is 11.5 Å². The number of hydrogen-bond acceptors (Lipinski definition) is 2. The second-order valence-electron chi connectivity index (χ2n) is 9.06. The van der Waals surface area contributed by atoms with E-state index >= 15 is 0 Å². The van der Waals surface area contributed by atoms with E-state index in [1.165, 1.54) is 11.1 Å². The van der Waals surface area contributed by atoms with Crippen LogP contribution in [0.5, 0.6) is 11.5 Å². The molecule has 2 N–H and O–H groups in total. The third-order valence-electron chi connectivity index (χ3n) is 6.36. The molecule has 2 aliphatic rings. The normalized spacial score (nSPS) is 16.1. The third-order valence-corrected chi connectivity index (χ3v) is 15.0. The molecule has 2 atom stereocenters. The van der Waals surface area contributed by atoms with Crippen molar-refractivity contribution in [2.45, 2.75) is 21.1 Å². The number of aromatic hydroxyl groups is 2. The molecule has 4 aromatic rings. The van der Waals surface area contributed by atoms with Crippen molar-refractivity contribution in [2.24, 2.45) is 0 Å². The fourth-order valence-corrected chi connectivity index (χ4v) is 13.2. The summed E-state index contributed by atoms with van der Waals surface area (Å²) < 4.78 is 3.08. The summed E-state index contributed by atoms with van der Waals surface area (Å²) in [6.07, 6.45) is 9.66. The summed E-state index contributed by atoms with van der Waals surface area (Å²) in [4.78, 5) is 0. The molecule has 0 saturated heterocycles. The van der Waals surface area contributed by atoms with Crippen molar-refractivity contribution in [3.05, 3.63) is 144 Å². The number of para-hydroxylation sites is 2. The van der Waals surface area contributed by atoms with Crippen molar-refractivity contribution >= 4 is 15.4 Å². The zero-order valence-electron chi connectivity index (χ0n) is 20.8. The first-order chi connectivity index (χ1) is 17.5. The number of hydrogen-bond donors (Lipinski definition) is 2.